The van der Waals surface area contributed by atoms with Crippen LogP contribution in [-0.4, -0.2) is 51.4 Å². The Morgan fingerprint density at radius 1 is 1.03 bits per heavy atom. The lowest BCUT2D eigenvalue weighted by atomic mass is 9.93. The van der Waals surface area contributed by atoms with Crippen LogP contribution in [0.3, 0.4) is 0 Å². The second-order valence-electron chi connectivity index (χ2n) is 8.14. The van der Waals surface area contributed by atoms with Gasteiger partial charge in [-0.05, 0) is 38.1 Å². The number of anilines is 1. The van der Waals surface area contributed by atoms with Gasteiger partial charge in [0.1, 0.15) is 17.2 Å². The minimum absolute atomic E-state index is 0.137. The summed E-state index contributed by atoms with van der Waals surface area (Å²) in [6.45, 7) is 3.90. The van der Waals surface area contributed by atoms with Crippen LogP contribution in [0.1, 0.15) is 20.3 Å². The van der Waals surface area contributed by atoms with Crippen LogP contribution in [0.25, 0.3) is 0 Å². The highest BCUT2D eigenvalue weighted by Crippen LogP contribution is 2.51. The molecule has 2 aliphatic rings. The second-order valence-corrected chi connectivity index (χ2v) is 9.91. The largest absolute Gasteiger partial charge is 0.484 e. The van der Waals surface area contributed by atoms with Gasteiger partial charge in [-0.25, -0.2) is 0 Å². The van der Waals surface area contributed by atoms with Crippen LogP contribution in [0.4, 0.5) is 5.69 Å². The lowest BCUT2D eigenvalue weighted by molar-refractivity contribution is -0.152. The van der Waals surface area contributed by atoms with Gasteiger partial charge in [-0.2, -0.15) is 0 Å². The van der Waals surface area contributed by atoms with Crippen molar-refractivity contribution in [3.05, 3.63) is 60.7 Å². The van der Waals surface area contributed by atoms with E-state index in [4.69, 9.17) is 4.74 Å². The number of hydrogen-bond acceptors (Lipinski definition) is 5. The summed E-state index contributed by atoms with van der Waals surface area (Å²) in [5.41, 5.74) is 0.728. The number of nitrogens with one attached hydrogen (secondary N) is 2. The maximum absolute atomic E-state index is 12.8. The van der Waals surface area contributed by atoms with Crippen LogP contribution >= 0.6 is 11.8 Å². The number of fused-ring (bicyclic) bond motifs is 1. The van der Waals surface area contributed by atoms with Crippen molar-refractivity contribution in [3.8, 4) is 5.75 Å². The lowest BCUT2D eigenvalue weighted by Crippen LogP contribution is -2.70. The van der Waals surface area contributed by atoms with Gasteiger partial charge < -0.3 is 20.3 Å². The smallest absolute Gasteiger partial charge is 0.258 e. The molecule has 0 bridgehead atoms. The van der Waals surface area contributed by atoms with E-state index in [2.05, 4.69) is 10.6 Å². The van der Waals surface area contributed by atoms with Crippen molar-refractivity contribution in [2.45, 2.75) is 42.5 Å². The van der Waals surface area contributed by atoms with Gasteiger partial charge in [0.15, 0.2) is 6.61 Å². The Bertz CT molecular complexity index is 967. The first-order chi connectivity index (χ1) is 14.8. The molecule has 4 rings (SSSR count). The minimum Gasteiger partial charge on any atom is -0.484 e. The maximum Gasteiger partial charge on any atom is 0.258 e. The predicted octanol–water partition coefficient (Wildman–Crippen LogP) is 2.64. The summed E-state index contributed by atoms with van der Waals surface area (Å²) >= 11 is 1.61. The Morgan fingerprint density at radius 3 is 2.35 bits per heavy atom. The van der Waals surface area contributed by atoms with Gasteiger partial charge in [0.2, 0.25) is 11.8 Å². The van der Waals surface area contributed by atoms with Crippen LogP contribution in [-0.2, 0) is 14.4 Å². The van der Waals surface area contributed by atoms with Crippen LogP contribution in [0.15, 0.2) is 60.7 Å². The molecule has 2 N–H and O–H groups in total. The fourth-order valence-corrected chi connectivity index (χ4v) is 5.60. The van der Waals surface area contributed by atoms with Crippen LogP contribution in [0.5, 0.6) is 5.75 Å². The number of amides is 3. The van der Waals surface area contributed by atoms with Crippen molar-refractivity contribution in [1.29, 1.82) is 0 Å². The molecule has 2 fully saturated rings. The number of ether oxygens (including phenoxy) is 1. The zero-order valence-electron chi connectivity index (χ0n) is 17.4. The second kappa shape index (κ2) is 8.63. The average Bonchev–Trinajstić information content (AvgIpc) is 2.99. The van der Waals surface area contributed by atoms with Crippen LogP contribution < -0.4 is 15.4 Å². The van der Waals surface area contributed by atoms with Crippen molar-refractivity contribution < 1.29 is 19.1 Å². The Labute approximate surface area is 185 Å². The van der Waals surface area contributed by atoms with Crippen molar-refractivity contribution in [2.24, 2.45) is 0 Å². The number of nitrogens with zero attached hydrogens (tertiary/aromatic N) is 1. The summed E-state index contributed by atoms with van der Waals surface area (Å²) in [4.78, 5) is 39.4. The molecular formula is C23H25N3O4S. The topological polar surface area (TPSA) is 87.7 Å². The fourth-order valence-electron chi connectivity index (χ4n) is 3.93. The molecule has 0 saturated carbocycles. The average molecular weight is 440 g/mol. The molecule has 2 aliphatic heterocycles. The number of para-hydroxylation sites is 2. The number of rotatable bonds is 7. The molecule has 0 radical (unpaired) electrons. The van der Waals surface area contributed by atoms with Gasteiger partial charge in [-0.15, -0.1) is 11.8 Å². The first-order valence-electron chi connectivity index (χ1n) is 10.2. The van der Waals surface area contributed by atoms with E-state index in [0.29, 0.717) is 5.75 Å². The molecule has 0 spiro atoms. The van der Waals surface area contributed by atoms with E-state index in [0.717, 1.165) is 5.69 Å². The van der Waals surface area contributed by atoms with E-state index in [1.54, 1.807) is 28.8 Å². The van der Waals surface area contributed by atoms with Gasteiger partial charge in [0, 0.05) is 16.9 Å². The normalized spacial score (nSPS) is 23.5. The minimum atomic E-state index is -0.599. The number of hydrogen-bond donors (Lipinski definition) is 2. The third-order valence-corrected chi connectivity index (χ3v) is 7.13. The predicted molar refractivity (Wildman–Crippen MR) is 120 cm³/mol. The van der Waals surface area contributed by atoms with Gasteiger partial charge in [-0.3, -0.25) is 14.4 Å². The number of thioether (sulfide) groups is 1. The molecule has 3 unspecified atom stereocenters. The molecular weight excluding hydrogens is 414 g/mol. The van der Waals surface area contributed by atoms with Crippen molar-refractivity contribution in [1.82, 2.24) is 10.2 Å². The zero-order valence-corrected chi connectivity index (χ0v) is 18.2. The first kappa shape index (κ1) is 21.2. The Balaban J connectivity index is 1.33. The molecule has 0 aliphatic carbocycles. The highest BCUT2D eigenvalue weighted by Gasteiger charge is 2.61. The summed E-state index contributed by atoms with van der Waals surface area (Å²) in [5, 5.41) is 5.48. The van der Waals surface area contributed by atoms with Crippen molar-refractivity contribution >= 4 is 35.2 Å². The Kier molecular flexibility index (Phi) is 5.91. The highest BCUT2D eigenvalue weighted by molar-refractivity contribution is 8.01. The summed E-state index contributed by atoms with van der Waals surface area (Å²) < 4.78 is 5.15. The SMILES string of the molecule is CC1(C)SC2C(NC(=O)COc3ccccc3)C(=O)N2C1CC(=O)Nc1ccccc1. The van der Waals surface area contributed by atoms with Crippen molar-refractivity contribution in [3.63, 3.8) is 0 Å². The monoisotopic (exact) mass is 439 g/mol. The zero-order chi connectivity index (χ0) is 22.0. The molecule has 7 nitrogen and oxygen atoms in total. The number of benzene rings is 2. The molecule has 3 amide bonds. The molecule has 31 heavy (non-hydrogen) atoms. The molecule has 162 valence electrons. The van der Waals surface area contributed by atoms with E-state index < -0.39 is 6.04 Å². The first-order valence-corrected chi connectivity index (χ1v) is 11.1. The quantitative estimate of drug-likeness (QED) is 0.648. The molecule has 2 aromatic rings. The van der Waals surface area contributed by atoms with E-state index in [1.807, 2.05) is 62.4 Å². The summed E-state index contributed by atoms with van der Waals surface area (Å²) in [6.07, 6.45) is 0.203. The maximum atomic E-state index is 12.8. The molecule has 2 heterocycles. The fraction of sp³-hybridized carbons (Fsp3) is 0.348. The third-order valence-electron chi connectivity index (χ3n) is 5.51. The highest BCUT2D eigenvalue weighted by atomic mass is 32.2. The molecule has 3 atom stereocenters. The number of carbonyl (C=O) groups is 3. The van der Waals surface area contributed by atoms with E-state index in [1.165, 1.54) is 0 Å². The summed E-state index contributed by atoms with van der Waals surface area (Å²) in [7, 11) is 0. The van der Waals surface area contributed by atoms with Gasteiger partial charge >= 0.3 is 0 Å². The van der Waals surface area contributed by atoms with Gasteiger partial charge in [0.05, 0.1) is 6.04 Å². The number of carbonyl (C=O) groups excluding carboxylic acids is 3. The lowest BCUT2D eigenvalue weighted by Gasteiger charge is -2.44. The molecule has 8 heteroatoms. The van der Waals surface area contributed by atoms with Gasteiger partial charge in [0.25, 0.3) is 5.91 Å². The summed E-state index contributed by atoms with van der Waals surface area (Å²) in [6, 6.07) is 17.5. The van der Waals surface area contributed by atoms with E-state index >= 15 is 0 Å². The molecule has 0 aromatic heterocycles. The Hall–Kier alpha value is -3.00. The Morgan fingerprint density at radius 2 is 1.68 bits per heavy atom. The van der Waals surface area contributed by atoms with Crippen LogP contribution in [0.2, 0.25) is 0 Å². The molecule has 2 saturated heterocycles. The van der Waals surface area contributed by atoms with Gasteiger partial charge in [-0.1, -0.05) is 36.4 Å². The van der Waals surface area contributed by atoms with E-state index in [-0.39, 0.29) is 46.9 Å². The standard InChI is InChI=1S/C23H25N3O4S/c1-23(2)17(13-18(27)24-15-9-5-3-6-10-15)26-21(29)20(22(26)31-23)25-19(28)14-30-16-11-7-4-8-12-16/h3-12,17,20,22H,13-14H2,1-2H3,(H,24,27)(H,25,28). The summed E-state index contributed by atoms with van der Waals surface area (Å²) in [5.74, 6) is -0.0404. The van der Waals surface area contributed by atoms with Crippen LogP contribution in [0, 0.1) is 0 Å². The van der Waals surface area contributed by atoms with Crippen molar-refractivity contribution in [2.75, 3.05) is 11.9 Å². The number of β-lactam (4-membered cyclic amide) rings is 1. The van der Waals surface area contributed by atoms with E-state index in [9.17, 15) is 14.4 Å². The third kappa shape index (κ3) is 4.54. The molecule has 2 aromatic carbocycles.